The highest BCUT2D eigenvalue weighted by molar-refractivity contribution is 5.82. The van der Waals surface area contributed by atoms with Gasteiger partial charge in [-0.05, 0) is 85.6 Å². The summed E-state index contributed by atoms with van der Waals surface area (Å²) in [4.78, 5) is 0. The molecule has 0 amide bonds. The lowest BCUT2D eigenvalue weighted by Gasteiger charge is -2.47. The second-order valence-electron chi connectivity index (χ2n) is 11.0. The second-order valence-corrected chi connectivity index (χ2v) is 11.0. The SMILES string of the molecule is CC1CC=C(c2ccc3cn[nH]c3c2)CCC=C2C=C3CCC(C=[N+](C)C)CC34CCC21O4. The van der Waals surface area contributed by atoms with Crippen LogP contribution in [-0.2, 0) is 4.74 Å². The smallest absolute Gasteiger partial charge is 0.142 e. The molecule has 1 N–H and O–H groups in total. The van der Waals surface area contributed by atoms with Crippen LogP contribution in [0.15, 0.2) is 53.8 Å². The minimum atomic E-state index is -0.122. The van der Waals surface area contributed by atoms with Crippen molar-refractivity contribution in [2.75, 3.05) is 14.1 Å². The third kappa shape index (κ3) is 3.45. The molecule has 1 aromatic carbocycles. The maximum absolute atomic E-state index is 7.27. The quantitative estimate of drug-likeness (QED) is 0.453. The molecule has 33 heavy (non-hydrogen) atoms. The molecule has 2 aromatic rings. The van der Waals surface area contributed by atoms with E-state index in [2.05, 4.69) is 78.4 Å². The number of fused-ring (bicyclic) bond motifs is 1. The van der Waals surface area contributed by atoms with E-state index in [0.29, 0.717) is 11.8 Å². The van der Waals surface area contributed by atoms with Gasteiger partial charge in [-0.3, -0.25) is 5.10 Å². The van der Waals surface area contributed by atoms with Crippen molar-refractivity contribution in [3.8, 4) is 0 Å². The van der Waals surface area contributed by atoms with Crippen molar-refractivity contribution >= 4 is 22.7 Å². The number of benzene rings is 1. The predicted molar refractivity (Wildman–Crippen MR) is 135 cm³/mol. The standard InChI is InChI=1S/C29H36N3O/c1-20-7-9-22(23-10-11-24-18-30-31-27(24)15-23)5-4-6-26-16-25-12-8-21(19-32(2)3)17-28(25)13-14-29(20,26)33-28/h6,9-11,15-16,18-21H,4-5,7-8,12-14,17H2,1-3H3,(H,30,31)/q+1. The number of allylic oxidation sites excluding steroid dienone is 3. The number of aromatic nitrogens is 2. The van der Waals surface area contributed by atoms with Crippen molar-refractivity contribution in [1.29, 1.82) is 0 Å². The first-order valence-corrected chi connectivity index (χ1v) is 12.7. The molecule has 1 saturated heterocycles. The lowest BCUT2D eigenvalue weighted by Crippen LogP contribution is -2.48. The van der Waals surface area contributed by atoms with Crippen LogP contribution < -0.4 is 0 Å². The Bertz CT molecular complexity index is 1210. The average Bonchev–Trinajstić information content (AvgIpc) is 3.40. The molecule has 4 unspecified atom stereocenters. The van der Waals surface area contributed by atoms with Crippen LogP contribution in [0.4, 0.5) is 0 Å². The maximum atomic E-state index is 7.27. The number of nitrogens with one attached hydrogen (secondary N) is 1. The molecule has 172 valence electrons. The van der Waals surface area contributed by atoms with E-state index in [1.165, 1.54) is 41.4 Å². The average molecular weight is 443 g/mol. The molecule has 1 saturated carbocycles. The van der Waals surface area contributed by atoms with Gasteiger partial charge in [0.15, 0.2) is 0 Å². The maximum Gasteiger partial charge on any atom is 0.142 e. The molecule has 4 atom stereocenters. The van der Waals surface area contributed by atoms with Gasteiger partial charge in [0, 0.05) is 11.3 Å². The first kappa shape index (κ1) is 21.1. The van der Waals surface area contributed by atoms with Crippen molar-refractivity contribution in [3.63, 3.8) is 0 Å². The summed E-state index contributed by atoms with van der Waals surface area (Å²) in [5.41, 5.74) is 6.75. The summed E-state index contributed by atoms with van der Waals surface area (Å²) < 4.78 is 9.49. The normalized spacial score (nSPS) is 33.6. The molecular weight excluding hydrogens is 406 g/mol. The molecule has 1 aromatic heterocycles. The van der Waals surface area contributed by atoms with Crippen molar-refractivity contribution in [2.45, 2.75) is 69.5 Å². The molecule has 2 bridgehead atoms. The second kappa shape index (κ2) is 7.80. The molecule has 6 rings (SSSR count). The number of nitrogens with zero attached hydrogens (tertiary/aromatic N) is 2. The summed E-state index contributed by atoms with van der Waals surface area (Å²) in [6.07, 6.45) is 20.9. The molecule has 0 radical (unpaired) electrons. The van der Waals surface area contributed by atoms with E-state index >= 15 is 0 Å². The highest BCUT2D eigenvalue weighted by Gasteiger charge is 2.58. The molecule has 2 aliphatic heterocycles. The topological polar surface area (TPSA) is 40.9 Å². The van der Waals surface area contributed by atoms with Gasteiger partial charge < -0.3 is 4.74 Å². The highest BCUT2D eigenvalue weighted by Crippen LogP contribution is 2.59. The molecule has 4 heteroatoms. The lowest BCUT2D eigenvalue weighted by molar-refractivity contribution is -0.462. The first-order chi connectivity index (χ1) is 16.0. The number of aromatic amines is 1. The number of H-pyrrole nitrogens is 1. The van der Waals surface area contributed by atoms with Gasteiger partial charge in [0.1, 0.15) is 20.3 Å². The van der Waals surface area contributed by atoms with Gasteiger partial charge in [0.25, 0.3) is 0 Å². The van der Waals surface area contributed by atoms with E-state index < -0.39 is 0 Å². The van der Waals surface area contributed by atoms with Crippen molar-refractivity contribution in [3.05, 3.63) is 59.3 Å². The van der Waals surface area contributed by atoms with Crippen LogP contribution in [0.3, 0.4) is 0 Å². The minimum Gasteiger partial charge on any atom is -0.359 e. The van der Waals surface area contributed by atoms with Crippen LogP contribution in [0, 0.1) is 11.8 Å². The Kier molecular flexibility index (Phi) is 4.99. The number of rotatable bonds is 2. The molecule has 2 aliphatic carbocycles. The van der Waals surface area contributed by atoms with Gasteiger partial charge in [-0.25, -0.2) is 4.58 Å². The zero-order chi connectivity index (χ0) is 22.6. The number of hydrogen-bond donors (Lipinski definition) is 1. The van der Waals surface area contributed by atoms with Gasteiger partial charge in [-0.15, -0.1) is 0 Å². The molecular formula is C29H36N3O+. The zero-order valence-corrected chi connectivity index (χ0v) is 20.2. The van der Waals surface area contributed by atoms with Crippen molar-refractivity contribution in [2.24, 2.45) is 11.8 Å². The van der Waals surface area contributed by atoms with Crippen molar-refractivity contribution in [1.82, 2.24) is 10.2 Å². The van der Waals surface area contributed by atoms with Crippen LogP contribution in [0.25, 0.3) is 16.5 Å². The number of ether oxygens (including phenoxy) is 1. The summed E-state index contributed by atoms with van der Waals surface area (Å²) in [5, 5.41) is 8.50. The molecule has 2 fully saturated rings. The van der Waals surface area contributed by atoms with E-state index in [9.17, 15) is 0 Å². The fraction of sp³-hybridized carbons (Fsp3) is 0.517. The van der Waals surface area contributed by atoms with Crippen LogP contribution in [0.1, 0.15) is 63.9 Å². The highest BCUT2D eigenvalue weighted by atomic mass is 16.5. The van der Waals surface area contributed by atoms with Gasteiger partial charge in [0.2, 0.25) is 0 Å². The first-order valence-electron chi connectivity index (χ1n) is 12.7. The summed E-state index contributed by atoms with van der Waals surface area (Å²) in [5.74, 6) is 1.08. The van der Waals surface area contributed by atoms with Gasteiger partial charge in [-0.1, -0.05) is 37.3 Å². The van der Waals surface area contributed by atoms with Crippen molar-refractivity contribution < 1.29 is 9.31 Å². The van der Waals surface area contributed by atoms with Gasteiger partial charge >= 0.3 is 0 Å². The van der Waals surface area contributed by atoms with E-state index in [1.807, 2.05) is 6.20 Å². The van der Waals surface area contributed by atoms with E-state index in [0.717, 1.165) is 37.6 Å². The Hall–Kier alpha value is -2.46. The van der Waals surface area contributed by atoms with E-state index in [-0.39, 0.29) is 11.2 Å². The van der Waals surface area contributed by atoms with Gasteiger partial charge in [-0.2, -0.15) is 5.10 Å². The summed E-state index contributed by atoms with van der Waals surface area (Å²) in [7, 11) is 4.30. The third-order valence-corrected chi connectivity index (χ3v) is 8.67. The molecule has 2 spiro atoms. The van der Waals surface area contributed by atoms with Crippen LogP contribution >= 0.6 is 0 Å². The zero-order valence-electron chi connectivity index (χ0n) is 20.2. The van der Waals surface area contributed by atoms with E-state index in [1.54, 1.807) is 5.57 Å². The fourth-order valence-corrected chi connectivity index (χ4v) is 6.96. The minimum absolute atomic E-state index is 0.0344. The van der Waals surface area contributed by atoms with E-state index in [4.69, 9.17) is 4.74 Å². The summed E-state index contributed by atoms with van der Waals surface area (Å²) in [6, 6.07) is 6.69. The Morgan fingerprint density at radius 2 is 2.09 bits per heavy atom. The molecule has 3 heterocycles. The Morgan fingerprint density at radius 1 is 1.18 bits per heavy atom. The third-order valence-electron chi connectivity index (χ3n) is 8.67. The fourth-order valence-electron chi connectivity index (χ4n) is 6.96. The Balaban J connectivity index is 1.33. The summed E-state index contributed by atoms with van der Waals surface area (Å²) >= 11 is 0. The van der Waals surface area contributed by atoms with Crippen LogP contribution in [0.2, 0.25) is 0 Å². The lowest BCUT2D eigenvalue weighted by atomic mass is 9.72. The summed E-state index contributed by atoms with van der Waals surface area (Å²) in [6.45, 7) is 2.41. The van der Waals surface area contributed by atoms with Gasteiger partial charge in [0.05, 0.1) is 22.9 Å². The molecule has 4 aliphatic rings. The predicted octanol–water partition coefficient (Wildman–Crippen LogP) is 6.06. The Labute approximate surface area is 197 Å². The largest absolute Gasteiger partial charge is 0.359 e. The Morgan fingerprint density at radius 3 is 2.97 bits per heavy atom. The molecule has 4 nitrogen and oxygen atoms in total. The van der Waals surface area contributed by atoms with Crippen LogP contribution in [-0.4, -0.2) is 46.3 Å². The van der Waals surface area contributed by atoms with Crippen LogP contribution in [0.5, 0.6) is 0 Å². The monoisotopic (exact) mass is 442 g/mol. The number of hydrogen-bond acceptors (Lipinski definition) is 2.